The highest BCUT2D eigenvalue weighted by molar-refractivity contribution is 7.87. The fourth-order valence-corrected chi connectivity index (χ4v) is 3.24. The Hall–Kier alpha value is -3.73. The van der Waals surface area contributed by atoms with Crippen molar-refractivity contribution in [3.63, 3.8) is 0 Å². The van der Waals surface area contributed by atoms with Crippen LogP contribution in [-0.4, -0.2) is 38.5 Å². The number of carbonyl (C=O) groups excluding carboxylic acids is 2. The molecule has 0 aliphatic rings. The van der Waals surface area contributed by atoms with Crippen molar-refractivity contribution in [2.75, 3.05) is 13.2 Å². The van der Waals surface area contributed by atoms with Gasteiger partial charge in [-0.05, 0) is 49.8 Å². The summed E-state index contributed by atoms with van der Waals surface area (Å²) in [6, 6.07) is 9.74. The Labute approximate surface area is 178 Å². The van der Waals surface area contributed by atoms with Gasteiger partial charge in [0.1, 0.15) is 16.2 Å². The summed E-state index contributed by atoms with van der Waals surface area (Å²) in [6.07, 6.45) is 1.25. The number of nitro benzene ring substituents is 1. The third-order valence-electron chi connectivity index (χ3n) is 3.72. The van der Waals surface area contributed by atoms with Gasteiger partial charge in [0.2, 0.25) is 0 Å². The van der Waals surface area contributed by atoms with Gasteiger partial charge in [0, 0.05) is 12.1 Å². The first-order chi connectivity index (χ1) is 14.7. The van der Waals surface area contributed by atoms with Crippen molar-refractivity contribution in [2.24, 2.45) is 0 Å². The minimum absolute atomic E-state index is 0.0377. The first-order valence-corrected chi connectivity index (χ1v) is 10.4. The van der Waals surface area contributed by atoms with Crippen molar-refractivity contribution in [1.82, 2.24) is 0 Å². The number of nitro groups is 1. The maximum atomic E-state index is 12.3. The number of hydrogen-bond donors (Lipinski definition) is 0. The predicted molar refractivity (Wildman–Crippen MR) is 109 cm³/mol. The maximum Gasteiger partial charge on any atom is 0.345 e. The van der Waals surface area contributed by atoms with Crippen LogP contribution >= 0.6 is 0 Å². The molecule has 0 aliphatic heterocycles. The predicted octanol–water partition coefficient (Wildman–Crippen LogP) is 2.87. The summed E-state index contributed by atoms with van der Waals surface area (Å²) >= 11 is 0. The van der Waals surface area contributed by atoms with Crippen LogP contribution < -0.4 is 4.18 Å². The Morgan fingerprint density at radius 1 is 0.935 bits per heavy atom. The third-order valence-corrected chi connectivity index (χ3v) is 4.99. The molecular formula is C20H19NO9S. The molecule has 2 rings (SSSR count). The van der Waals surface area contributed by atoms with Gasteiger partial charge in [0.05, 0.1) is 18.1 Å². The Balaban J connectivity index is 2.23. The molecule has 0 radical (unpaired) electrons. The zero-order valence-corrected chi connectivity index (χ0v) is 17.5. The van der Waals surface area contributed by atoms with Crippen LogP contribution in [0.5, 0.6) is 5.75 Å². The first kappa shape index (κ1) is 23.5. The molecule has 10 nitrogen and oxygen atoms in total. The number of esters is 2. The minimum atomic E-state index is -4.22. The number of non-ortho nitro benzene ring substituents is 1. The summed E-state index contributed by atoms with van der Waals surface area (Å²) in [6.45, 7) is 3.34. The van der Waals surface area contributed by atoms with E-state index in [2.05, 4.69) is 0 Å². The topological polar surface area (TPSA) is 139 Å². The fraction of sp³-hybridized carbons (Fsp3) is 0.200. The molecule has 0 saturated carbocycles. The molecule has 0 aliphatic carbocycles. The third kappa shape index (κ3) is 6.37. The van der Waals surface area contributed by atoms with E-state index >= 15 is 0 Å². The van der Waals surface area contributed by atoms with E-state index in [0.717, 1.165) is 24.3 Å². The van der Waals surface area contributed by atoms with Crippen LogP contribution in [-0.2, 0) is 29.2 Å². The van der Waals surface area contributed by atoms with Gasteiger partial charge in [-0.25, -0.2) is 9.59 Å². The number of ether oxygens (including phenoxy) is 2. The van der Waals surface area contributed by atoms with E-state index in [1.807, 2.05) is 0 Å². The second kappa shape index (κ2) is 10.3. The molecule has 0 aromatic heterocycles. The van der Waals surface area contributed by atoms with Gasteiger partial charge in [0.25, 0.3) is 5.69 Å². The van der Waals surface area contributed by atoms with Crippen molar-refractivity contribution in [3.05, 3.63) is 69.8 Å². The van der Waals surface area contributed by atoms with Crippen LogP contribution in [0.1, 0.15) is 19.4 Å². The second-order valence-electron chi connectivity index (χ2n) is 5.86. The molecule has 0 saturated heterocycles. The summed E-state index contributed by atoms with van der Waals surface area (Å²) in [5.41, 5.74) is -0.166. The zero-order valence-electron chi connectivity index (χ0n) is 16.6. The molecule has 0 bridgehead atoms. The molecule has 0 spiro atoms. The molecule has 164 valence electrons. The lowest BCUT2D eigenvalue weighted by atomic mass is 10.1. The standard InChI is InChI=1S/C20H19NO9S/c1-3-28-19(22)18(20(23)29-4-2)13-14-5-9-16(10-6-14)30-31(26,27)17-11-7-15(8-12-17)21(24)25/h5-13H,3-4H2,1-2H3. The summed E-state index contributed by atoms with van der Waals surface area (Å²) < 4.78 is 39.4. The van der Waals surface area contributed by atoms with Crippen LogP contribution in [0.2, 0.25) is 0 Å². The van der Waals surface area contributed by atoms with Crippen molar-refractivity contribution >= 4 is 33.8 Å². The Morgan fingerprint density at radius 3 is 1.90 bits per heavy atom. The quantitative estimate of drug-likeness (QED) is 0.107. The van der Waals surface area contributed by atoms with E-state index in [0.29, 0.717) is 5.56 Å². The molecule has 31 heavy (non-hydrogen) atoms. The second-order valence-corrected chi connectivity index (χ2v) is 7.40. The molecule has 0 heterocycles. The number of hydrogen-bond acceptors (Lipinski definition) is 9. The SMILES string of the molecule is CCOC(=O)C(=Cc1ccc(OS(=O)(=O)c2ccc([N+](=O)[O-])cc2)cc1)C(=O)OCC. The Kier molecular flexibility index (Phi) is 7.86. The van der Waals surface area contributed by atoms with Crippen molar-refractivity contribution < 1.29 is 36.6 Å². The van der Waals surface area contributed by atoms with Gasteiger partial charge in [-0.15, -0.1) is 0 Å². The average Bonchev–Trinajstić information content (AvgIpc) is 2.73. The molecule has 11 heteroatoms. The van der Waals surface area contributed by atoms with Crippen LogP contribution in [0.15, 0.2) is 59.0 Å². The smallest absolute Gasteiger partial charge is 0.345 e. The van der Waals surface area contributed by atoms with Gasteiger partial charge in [0.15, 0.2) is 0 Å². The van der Waals surface area contributed by atoms with E-state index in [4.69, 9.17) is 13.7 Å². The van der Waals surface area contributed by atoms with Crippen LogP contribution in [0.4, 0.5) is 5.69 Å². The lowest BCUT2D eigenvalue weighted by Crippen LogP contribution is -2.18. The summed E-state index contributed by atoms with van der Waals surface area (Å²) in [7, 11) is -4.22. The highest BCUT2D eigenvalue weighted by Gasteiger charge is 2.21. The molecule has 0 amide bonds. The largest absolute Gasteiger partial charge is 0.462 e. The van der Waals surface area contributed by atoms with Crippen LogP contribution in [0.3, 0.4) is 0 Å². The summed E-state index contributed by atoms with van der Waals surface area (Å²) in [4.78, 5) is 33.8. The van der Waals surface area contributed by atoms with Gasteiger partial charge in [-0.1, -0.05) is 12.1 Å². The number of benzene rings is 2. The van der Waals surface area contributed by atoms with E-state index in [1.54, 1.807) is 13.8 Å². The van der Waals surface area contributed by atoms with Crippen LogP contribution in [0, 0.1) is 10.1 Å². The summed E-state index contributed by atoms with van der Waals surface area (Å²) in [5, 5.41) is 10.7. The maximum absolute atomic E-state index is 12.3. The van der Waals surface area contributed by atoms with Crippen molar-refractivity contribution in [2.45, 2.75) is 18.7 Å². The molecule has 0 unspecified atom stereocenters. The van der Waals surface area contributed by atoms with Gasteiger partial charge >= 0.3 is 22.1 Å². The molecule has 0 fully saturated rings. The van der Waals surface area contributed by atoms with Gasteiger partial charge in [-0.3, -0.25) is 10.1 Å². The Morgan fingerprint density at radius 2 is 1.45 bits per heavy atom. The molecule has 0 atom stereocenters. The van der Waals surface area contributed by atoms with Crippen molar-refractivity contribution in [3.8, 4) is 5.75 Å². The molecular weight excluding hydrogens is 430 g/mol. The minimum Gasteiger partial charge on any atom is -0.462 e. The molecule has 2 aromatic rings. The molecule has 0 N–H and O–H groups in total. The fourth-order valence-electron chi connectivity index (χ4n) is 2.31. The lowest BCUT2D eigenvalue weighted by Gasteiger charge is -2.08. The Bertz CT molecular complexity index is 1070. The van der Waals surface area contributed by atoms with E-state index < -0.39 is 27.0 Å². The molecule has 2 aromatic carbocycles. The van der Waals surface area contributed by atoms with Gasteiger partial charge in [-0.2, -0.15) is 8.42 Å². The first-order valence-electron chi connectivity index (χ1n) is 9.03. The van der Waals surface area contributed by atoms with Crippen LogP contribution in [0.25, 0.3) is 6.08 Å². The van der Waals surface area contributed by atoms with E-state index in [9.17, 15) is 28.1 Å². The average molecular weight is 449 g/mol. The van der Waals surface area contributed by atoms with Gasteiger partial charge < -0.3 is 13.7 Å². The highest BCUT2D eigenvalue weighted by Crippen LogP contribution is 2.22. The number of carbonyl (C=O) groups is 2. The zero-order chi connectivity index (χ0) is 23.0. The normalized spacial score (nSPS) is 10.6. The summed E-state index contributed by atoms with van der Waals surface area (Å²) in [5.74, 6) is -1.73. The lowest BCUT2D eigenvalue weighted by molar-refractivity contribution is -0.384. The highest BCUT2D eigenvalue weighted by atomic mass is 32.2. The number of nitrogens with zero attached hydrogens (tertiary/aromatic N) is 1. The van der Waals surface area contributed by atoms with E-state index in [1.165, 1.54) is 30.3 Å². The van der Waals surface area contributed by atoms with Crippen molar-refractivity contribution in [1.29, 1.82) is 0 Å². The monoisotopic (exact) mass is 449 g/mol. The number of rotatable bonds is 9. The van der Waals surface area contributed by atoms with E-state index in [-0.39, 0.29) is 35.1 Å².